The first-order valence-corrected chi connectivity index (χ1v) is 44.5. The molecular weight excluding hydrogens is 1340 g/mol. The minimum absolute atomic E-state index is 0.105. The van der Waals surface area contributed by atoms with E-state index in [4.69, 9.17) is 32.3 Å². The van der Waals surface area contributed by atoms with E-state index in [2.05, 4.69) is 118 Å². The molecule has 0 radical (unpaired) electrons. The van der Waals surface area contributed by atoms with Crippen LogP contribution in [0.15, 0.2) is 97.2 Å². The van der Waals surface area contributed by atoms with E-state index in [0.29, 0.717) is 19.3 Å². The Morgan fingerprint density at radius 2 is 0.515 bits per heavy atom. The minimum atomic E-state index is -4.93. The van der Waals surface area contributed by atoms with Crippen LogP contribution in [0.1, 0.15) is 367 Å². The van der Waals surface area contributed by atoms with Crippen molar-refractivity contribution in [3.63, 3.8) is 0 Å². The van der Waals surface area contributed by atoms with Gasteiger partial charge >= 0.3 is 33.6 Å². The molecule has 18 heteroatoms. The lowest BCUT2D eigenvalue weighted by Gasteiger charge is -2.21. The molecule has 4 N–H and O–H groups in total. The van der Waals surface area contributed by atoms with Crippen molar-refractivity contribution in [1.82, 2.24) is 0 Å². The monoisotopic (exact) mass is 1490 g/mol. The minimum Gasteiger partial charge on any atom is -0.463 e. The lowest BCUT2D eigenvalue weighted by molar-refractivity contribution is -0.161. The summed E-state index contributed by atoms with van der Waals surface area (Å²) in [7, 11) is -9.78. The van der Waals surface area contributed by atoms with Gasteiger partial charge in [-0.25, -0.2) is 9.13 Å². The van der Waals surface area contributed by atoms with Crippen LogP contribution < -0.4 is 0 Å². The van der Waals surface area contributed by atoms with Crippen molar-refractivity contribution in [2.45, 2.75) is 386 Å². The van der Waals surface area contributed by atoms with Crippen LogP contribution in [0.5, 0.6) is 0 Å². The largest absolute Gasteiger partial charge is 0.472 e. The van der Waals surface area contributed by atoms with E-state index in [1.807, 2.05) is 0 Å². The Morgan fingerprint density at radius 1 is 0.282 bits per heavy atom. The second kappa shape index (κ2) is 78.1. The lowest BCUT2D eigenvalue weighted by atomic mass is 10.0. The topological polar surface area (TPSA) is 231 Å². The van der Waals surface area contributed by atoms with E-state index in [0.717, 1.165) is 128 Å². The van der Waals surface area contributed by atoms with Gasteiger partial charge in [-0.05, 0) is 103 Å². The summed E-state index contributed by atoms with van der Waals surface area (Å²) in [4.78, 5) is 58.6. The highest BCUT2D eigenvalue weighted by Crippen LogP contribution is 2.45. The molecule has 0 amide bonds. The van der Waals surface area contributed by atoms with Crippen molar-refractivity contribution >= 4 is 33.6 Å². The van der Waals surface area contributed by atoms with E-state index in [1.54, 1.807) is 0 Å². The van der Waals surface area contributed by atoms with Crippen molar-refractivity contribution in [2.75, 3.05) is 39.6 Å². The summed E-state index contributed by atoms with van der Waals surface area (Å²) in [6.07, 6.45) is 90.5. The van der Waals surface area contributed by atoms with Crippen LogP contribution in [0.3, 0.4) is 0 Å². The molecule has 103 heavy (non-hydrogen) atoms. The maximum Gasteiger partial charge on any atom is 0.472 e. The molecule has 16 nitrogen and oxygen atoms in total. The summed E-state index contributed by atoms with van der Waals surface area (Å²) >= 11 is 0. The summed E-state index contributed by atoms with van der Waals surface area (Å²) in [5.74, 6) is -1.57. The molecule has 0 saturated heterocycles. The van der Waals surface area contributed by atoms with Gasteiger partial charge in [0.25, 0.3) is 0 Å². The highest BCUT2D eigenvalue weighted by Gasteiger charge is 2.29. The number of allylic oxidation sites excluding steroid dienone is 16. The number of aliphatic hydroxyl groups is 2. The molecule has 0 spiro atoms. The SMILES string of the molecule is CC/C=C\C/C=C\C/C=C\C/C=C\CCCCCCCCC(=O)OCC(COP(=O)(O)OCC(O)COP(=O)(O)OCC(O)COC(=O)CCCCCCCCCCCCCCCCCCCCC/C=C\C/C=C\C/C=C\C/C=C\CCCCC)OC(=O)CCCCCCCCCCCCCCC. The Kier molecular flexibility index (Phi) is 75.4. The fourth-order valence-electron chi connectivity index (χ4n) is 11.5. The van der Waals surface area contributed by atoms with Crippen molar-refractivity contribution < 1.29 is 75.8 Å². The molecule has 0 fully saturated rings. The van der Waals surface area contributed by atoms with E-state index in [-0.39, 0.29) is 19.3 Å². The molecule has 0 saturated carbocycles. The van der Waals surface area contributed by atoms with E-state index in [9.17, 15) is 43.5 Å². The van der Waals surface area contributed by atoms with Crippen molar-refractivity contribution in [1.29, 1.82) is 0 Å². The van der Waals surface area contributed by atoms with E-state index in [1.165, 1.54) is 180 Å². The maximum absolute atomic E-state index is 12.9. The predicted octanol–water partition coefficient (Wildman–Crippen LogP) is 24.5. The van der Waals surface area contributed by atoms with E-state index < -0.39 is 91.5 Å². The first-order chi connectivity index (χ1) is 50.2. The molecule has 0 aromatic carbocycles. The Hall–Kier alpha value is -3.53. The summed E-state index contributed by atoms with van der Waals surface area (Å²) in [5.41, 5.74) is 0. The summed E-state index contributed by atoms with van der Waals surface area (Å²) in [6.45, 7) is 2.57. The second-order valence-electron chi connectivity index (χ2n) is 27.9. The number of esters is 3. The summed E-state index contributed by atoms with van der Waals surface area (Å²) < 4.78 is 61.1. The maximum atomic E-state index is 12.9. The molecule has 0 aliphatic carbocycles. The summed E-state index contributed by atoms with van der Waals surface area (Å²) in [5, 5.41) is 20.6. The van der Waals surface area contributed by atoms with Gasteiger partial charge in [-0.3, -0.25) is 32.5 Å². The van der Waals surface area contributed by atoms with Gasteiger partial charge in [0.05, 0.1) is 26.4 Å². The van der Waals surface area contributed by atoms with Crippen LogP contribution in [0.4, 0.5) is 0 Å². The number of phosphoric acid groups is 2. The number of phosphoric ester groups is 2. The van der Waals surface area contributed by atoms with Gasteiger partial charge in [0, 0.05) is 19.3 Å². The average Bonchev–Trinajstić information content (AvgIpc) is 0.946. The zero-order valence-electron chi connectivity index (χ0n) is 65.5. The first-order valence-electron chi connectivity index (χ1n) is 41.5. The van der Waals surface area contributed by atoms with Gasteiger partial charge < -0.3 is 34.2 Å². The third-order valence-electron chi connectivity index (χ3n) is 17.8. The Labute approximate surface area is 628 Å². The number of ether oxygens (including phenoxy) is 3. The Bertz CT molecular complexity index is 2260. The zero-order chi connectivity index (χ0) is 75.2. The molecule has 5 unspecified atom stereocenters. The standard InChI is InChI=1S/C85H152O16P2/c1-4-7-10-13-16-19-22-25-27-29-31-32-33-34-35-36-37-38-39-40-41-42-43-44-45-46-48-50-51-54-56-59-62-65-68-71-83(88)95-74-80(86)75-97-102(91,92)98-76-81(87)77-99-103(93,94)100-79-82(101-85(90)73-70-67-64-61-58-53-24-21-18-15-12-9-6-3)78-96-84(89)72-69-66-63-60-57-55-52-49-47-30-28-26-23-20-17-14-11-8-5-2/h8,11,16-17,19-20,25-28,31-32,34-35,47,49,80-82,86-87H,4-7,9-10,12-15,18,21-24,29-30,33,36-46,48,50-79H2,1-3H3,(H,91,92)(H,93,94)/b11-8-,19-16-,20-17-,27-25-,28-26-,32-31-,35-34-,49-47-. The molecule has 0 aromatic heterocycles. The van der Waals surface area contributed by atoms with Crippen molar-refractivity contribution in [3.05, 3.63) is 97.2 Å². The van der Waals surface area contributed by atoms with Gasteiger partial charge in [-0.15, -0.1) is 0 Å². The van der Waals surface area contributed by atoms with Crippen LogP contribution in [-0.4, -0.2) is 95.9 Å². The second-order valence-corrected chi connectivity index (χ2v) is 30.8. The van der Waals surface area contributed by atoms with Crippen LogP contribution in [-0.2, 0) is 55.8 Å². The summed E-state index contributed by atoms with van der Waals surface area (Å²) in [6, 6.07) is 0. The fraction of sp³-hybridized carbons (Fsp3) is 0.776. The quantitative estimate of drug-likeness (QED) is 0.0146. The van der Waals surface area contributed by atoms with Gasteiger partial charge in [0.2, 0.25) is 0 Å². The van der Waals surface area contributed by atoms with Crippen molar-refractivity contribution in [2.24, 2.45) is 0 Å². The smallest absolute Gasteiger partial charge is 0.463 e. The number of unbranched alkanes of at least 4 members (excludes halogenated alkanes) is 40. The van der Waals surface area contributed by atoms with Crippen LogP contribution in [0.25, 0.3) is 0 Å². The molecule has 0 heterocycles. The molecule has 0 aliphatic rings. The Balaban J connectivity index is 4.35. The predicted molar refractivity (Wildman–Crippen MR) is 427 cm³/mol. The molecule has 0 bridgehead atoms. The van der Waals surface area contributed by atoms with Crippen molar-refractivity contribution in [3.8, 4) is 0 Å². The van der Waals surface area contributed by atoms with Crippen LogP contribution in [0, 0.1) is 0 Å². The van der Waals surface area contributed by atoms with Gasteiger partial charge in [-0.2, -0.15) is 0 Å². The van der Waals surface area contributed by atoms with E-state index >= 15 is 0 Å². The van der Waals surface area contributed by atoms with Gasteiger partial charge in [0.1, 0.15) is 25.4 Å². The first kappa shape index (κ1) is 99.5. The molecule has 0 rings (SSSR count). The number of carbonyl (C=O) groups is 3. The van der Waals surface area contributed by atoms with Gasteiger partial charge in [-0.1, -0.05) is 343 Å². The lowest BCUT2D eigenvalue weighted by Crippen LogP contribution is -2.30. The number of rotatable bonds is 79. The third-order valence-corrected chi connectivity index (χ3v) is 19.7. The highest BCUT2D eigenvalue weighted by molar-refractivity contribution is 7.47. The normalized spacial score (nSPS) is 14.4. The number of carbonyl (C=O) groups excluding carboxylic acids is 3. The molecule has 0 aliphatic heterocycles. The molecule has 5 atom stereocenters. The number of hydrogen-bond donors (Lipinski definition) is 4. The van der Waals surface area contributed by atoms with Gasteiger partial charge in [0.15, 0.2) is 6.10 Å². The number of aliphatic hydroxyl groups excluding tert-OH is 2. The third kappa shape index (κ3) is 79.3. The highest BCUT2D eigenvalue weighted by atomic mass is 31.2. The zero-order valence-corrected chi connectivity index (χ0v) is 67.3. The average molecular weight is 1490 g/mol. The molecule has 0 aromatic rings. The fourth-order valence-corrected chi connectivity index (χ4v) is 13.1. The Morgan fingerprint density at radius 3 is 0.835 bits per heavy atom. The molecule has 598 valence electrons. The number of hydrogen-bond acceptors (Lipinski definition) is 14. The molecular formula is C85H152O16P2. The van der Waals surface area contributed by atoms with Crippen LogP contribution in [0.2, 0.25) is 0 Å². The van der Waals surface area contributed by atoms with Crippen LogP contribution >= 0.6 is 15.6 Å².